The van der Waals surface area contributed by atoms with Crippen molar-refractivity contribution >= 4 is 29.2 Å². The van der Waals surface area contributed by atoms with E-state index in [-0.39, 0.29) is 0 Å². The molecule has 26 heavy (non-hydrogen) atoms. The minimum absolute atomic E-state index is 1.02. The maximum atomic E-state index is 4.28. The highest BCUT2D eigenvalue weighted by atomic mass is 32.2. The van der Waals surface area contributed by atoms with Crippen molar-refractivity contribution in [3.05, 3.63) is 106 Å². The van der Waals surface area contributed by atoms with Crippen LogP contribution >= 0.6 is 11.8 Å². The van der Waals surface area contributed by atoms with Crippen molar-refractivity contribution < 1.29 is 0 Å². The van der Waals surface area contributed by atoms with Gasteiger partial charge in [-0.3, -0.25) is 4.99 Å². The third kappa shape index (κ3) is 3.18. The summed E-state index contributed by atoms with van der Waals surface area (Å²) < 4.78 is 0. The zero-order chi connectivity index (χ0) is 17.8. The van der Waals surface area contributed by atoms with Crippen LogP contribution in [0.15, 0.2) is 95.0 Å². The fourth-order valence-electron chi connectivity index (χ4n) is 3.23. The molecule has 0 amide bonds. The van der Waals surface area contributed by atoms with Gasteiger partial charge >= 0.3 is 0 Å². The minimum atomic E-state index is 1.02. The van der Waals surface area contributed by atoms with E-state index in [1.54, 1.807) is 0 Å². The summed E-state index contributed by atoms with van der Waals surface area (Å²) in [7, 11) is 0. The van der Waals surface area contributed by atoms with Gasteiger partial charge < -0.3 is 4.90 Å². The number of para-hydroxylation sites is 2. The molecule has 0 atom stereocenters. The fraction of sp³-hybridized carbons (Fsp3) is 0.0870. The number of thioether (sulfide) groups is 1. The first-order valence-corrected chi connectivity index (χ1v) is 9.89. The molecule has 0 saturated carbocycles. The third-order valence-corrected chi connectivity index (χ3v) is 5.23. The summed E-state index contributed by atoms with van der Waals surface area (Å²) in [5.74, 6) is 0. The van der Waals surface area contributed by atoms with Crippen molar-refractivity contribution in [3.63, 3.8) is 0 Å². The second-order valence-corrected chi connectivity index (χ2v) is 6.88. The van der Waals surface area contributed by atoms with E-state index in [0.29, 0.717) is 0 Å². The van der Waals surface area contributed by atoms with Crippen LogP contribution in [0.25, 0.3) is 11.8 Å². The molecule has 3 aliphatic rings. The van der Waals surface area contributed by atoms with E-state index in [2.05, 4.69) is 64.7 Å². The van der Waals surface area contributed by atoms with Gasteiger partial charge in [0.25, 0.3) is 0 Å². The molecular formula is C23H20N2S. The molecule has 3 aliphatic heterocycles. The predicted molar refractivity (Wildman–Crippen MR) is 113 cm³/mol. The molecule has 3 heterocycles. The van der Waals surface area contributed by atoms with E-state index >= 15 is 0 Å². The first-order chi connectivity index (χ1) is 12.9. The van der Waals surface area contributed by atoms with E-state index < -0.39 is 0 Å². The average molecular weight is 356 g/mol. The quantitative estimate of drug-likeness (QED) is 0.758. The van der Waals surface area contributed by atoms with Crippen LogP contribution in [0.2, 0.25) is 0 Å². The Labute approximate surface area is 158 Å². The van der Waals surface area contributed by atoms with Crippen molar-refractivity contribution in [3.8, 4) is 0 Å². The van der Waals surface area contributed by atoms with Gasteiger partial charge in [0, 0.05) is 28.4 Å². The van der Waals surface area contributed by atoms with Crippen molar-refractivity contribution in [2.45, 2.75) is 0 Å². The third-order valence-electron chi connectivity index (χ3n) is 4.46. The summed E-state index contributed by atoms with van der Waals surface area (Å²) >= 11 is 1.82. The Kier molecular flexibility index (Phi) is 4.89. The van der Waals surface area contributed by atoms with Gasteiger partial charge in [0.05, 0.1) is 16.7 Å². The monoisotopic (exact) mass is 356 g/mol. The molecule has 128 valence electrons. The van der Waals surface area contributed by atoms with Gasteiger partial charge in [0.2, 0.25) is 0 Å². The lowest BCUT2D eigenvalue weighted by molar-refractivity contribution is 1.03. The molecule has 2 nitrogen and oxygen atoms in total. The van der Waals surface area contributed by atoms with Crippen LogP contribution in [-0.4, -0.2) is 12.8 Å². The van der Waals surface area contributed by atoms with E-state index in [1.807, 2.05) is 54.4 Å². The number of hydrogen-bond donors (Lipinski definition) is 0. The summed E-state index contributed by atoms with van der Waals surface area (Å²) in [6, 6.07) is 16.7. The predicted octanol–water partition coefficient (Wildman–Crippen LogP) is 4.28. The fourth-order valence-corrected chi connectivity index (χ4v) is 3.87. The van der Waals surface area contributed by atoms with Gasteiger partial charge in [0.15, 0.2) is 0 Å². The lowest BCUT2D eigenvalue weighted by atomic mass is 9.96. The Hall–Kier alpha value is -2.78. The molecule has 0 fully saturated rings. The molecule has 3 heteroatoms. The molecule has 0 N–H and O–H groups in total. The second kappa shape index (κ2) is 7.63. The maximum absolute atomic E-state index is 4.28. The maximum Gasteiger partial charge on any atom is 0.0701 e. The van der Waals surface area contributed by atoms with Gasteiger partial charge in [0.1, 0.15) is 0 Å². The van der Waals surface area contributed by atoms with Crippen molar-refractivity contribution in [2.75, 3.05) is 17.7 Å². The Bertz CT molecular complexity index is 1010. The second-order valence-electron chi connectivity index (χ2n) is 6.03. The Morgan fingerprint density at radius 2 is 1.81 bits per heavy atom. The van der Waals surface area contributed by atoms with Gasteiger partial charge in [-0.25, -0.2) is 0 Å². The first kappa shape index (κ1) is 16.7. The molecule has 0 aromatic heterocycles. The normalized spacial score (nSPS) is 15.8. The molecule has 0 radical (unpaired) electrons. The summed E-state index contributed by atoms with van der Waals surface area (Å²) in [5, 5.41) is 2.19. The number of anilines is 1. The van der Waals surface area contributed by atoms with Gasteiger partial charge in [-0.05, 0) is 30.5 Å². The average Bonchev–Trinajstić information content (AvgIpc) is 2.66. The van der Waals surface area contributed by atoms with Crippen LogP contribution in [0.3, 0.4) is 0 Å². The van der Waals surface area contributed by atoms with Crippen LogP contribution in [0.4, 0.5) is 5.69 Å². The number of benzene rings is 2. The highest BCUT2D eigenvalue weighted by Gasteiger charge is 2.31. The molecule has 2 aromatic rings. The van der Waals surface area contributed by atoms with Crippen LogP contribution in [0, 0.1) is 0 Å². The van der Waals surface area contributed by atoms with E-state index in [4.69, 9.17) is 0 Å². The number of rotatable bonds is 1. The topological polar surface area (TPSA) is 15.6 Å². The number of nitrogens with zero attached hydrogens (tertiary/aromatic N) is 2. The van der Waals surface area contributed by atoms with Gasteiger partial charge in [-0.2, -0.15) is 0 Å². The molecule has 0 bridgehead atoms. The van der Waals surface area contributed by atoms with Crippen molar-refractivity contribution in [1.29, 1.82) is 0 Å². The van der Waals surface area contributed by atoms with E-state index in [1.165, 1.54) is 21.9 Å². The lowest BCUT2D eigenvalue weighted by Gasteiger charge is -2.41. The number of hydrogen-bond acceptors (Lipinski definition) is 3. The molecule has 2 aromatic carbocycles. The largest absolute Gasteiger partial charge is 0.336 e. The Morgan fingerprint density at radius 3 is 2.73 bits per heavy atom. The highest BCUT2D eigenvalue weighted by molar-refractivity contribution is 8.02. The highest BCUT2D eigenvalue weighted by Crippen LogP contribution is 2.47. The lowest BCUT2D eigenvalue weighted by Crippen LogP contribution is -2.33. The molecular weight excluding hydrogens is 336 g/mol. The SMILES string of the molecule is C1=CC=c2ccccc2=NC=C1.CSC1=C2c3ccccc3N2CC=C1. The van der Waals surface area contributed by atoms with Crippen molar-refractivity contribution in [2.24, 2.45) is 4.99 Å². The molecule has 0 aliphatic carbocycles. The number of allylic oxidation sites excluding steroid dienone is 4. The Morgan fingerprint density at radius 1 is 0.962 bits per heavy atom. The molecule has 0 unspecified atom stereocenters. The van der Waals surface area contributed by atoms with Crippen LogP contribution in [0.5, 0.6) is 0 Å². The van der Waals surface area contributed by atoms with Gasteiger partial charge in [-0.15, -0.1) is 11.8 Å². The summed E-state index contributed by atoms with van der Waals surface area (Å²) in [6.45, 7) is 1.02. The Balaban J connectivity index is 0.000000131. The number of fused-ring (bicyclic) bond motifs is 5. The molecule has 0 saturated heterocycles. The van der Waals surface area contributed by atoms with E-state index in [9.17, 15) is 0 Å². The zero-order valence-electron chi connectivity index (χ0n) is 14.7. The smallest absolute Gasteiger partial charge is 0.0701 e. The minimum Gasteiger partial charge on any atom is -0.336 e. The standard InChI is InChI=1S/C12H11NS.C11H9N/c1-14-11-7-4-8-13-10-6-3-2-5-9(10)12(11)13;1-2-6-10-7-3-4-8-11(10)12-9-5-1/h2-7H,8H2,1H3;1-9H. The summed E-state index contributed by atoms with van der Waals surface area (Å²) in [4.78, 5) is 8.04. The van der Waals surface area contributed by atoms with Crippen molar-refractivity contribution in [1.82, 2.24) is 0 Å². The van der Waals surface area contributed by atoms with E-state index in [0.717, 1.165) is 17.1 Å². The molecule has 0 spiro atoms. The molecule has 5 rings (SSSR count). The zero-order valence-corrected chi connectivity index (χ0v) is 15.5. The van der Waals surface area contributed by atoms with Crippen LogP contribution < -0.4 is 15.5 Å². The van der Waals surface area contributed by atoms with Gasteiger partial charge in [-0.1, -0.05) is 60.7 Å². The first-order valence-electron chi connectivity index (χ1n) is 8.66. The summed E-state index contributed by atoms with van der Waals surface area (Å²) in [5.41, 5.74) is 4.19. The summed E-state index contributed by atoms with van der Waals surface area (Å²) in [6.07, 6.45) is 16.4. The van der Waals surface area contributed by atoms with Crippen LogP contribution in [-0.2, 0) is 0 Å². The van der Waals surface area contributed by atoms with Crippen LogP contribution in [0.1, 0.15) is 5.56 Å².